The van der Waals surface area contributed by atoms with Crippen molar-refractivity contribution in [2.75, 3.05) is 0 Å². The van der Waals surface area contributed by atoms with E-state index in [0.29, 0.717) is 45.2 Å². The van der Waals surface area contributed by atoms with E-state index in [9.17, 15) is 0 Å². The summed E-state index contributed by atoms with van der Waals surface area (Å²) in [7, 11) is 0. The summed E-state index contributed by atoms with van der Waals surface area (Å²) in [5, 5.41) is 12.2. The Kier molecular flexibility index (Phi) is 12.7. The number of rotatable bonds is 0. The molecule has 0 atom stereocenters. The fourth-order valence-electron chi connectivity index (χ4n) is 14.2. The quantitative estimate of drug-likeness (QED) is 0.157. The van der Waals surface area contributed by atoms with Crippen molar-refractivity contribution >= 4 is 110 Å². The number of nitrogens with one attached hydrogen (secondary N) is 2. The van der Waals surface area contributed by atoms with Crippen LogP contribution in [-0.2, 0) is 43.3 Å². The van der Waals surface area contributed by atoms with E-state index in [2.05, 4.69) is 273 Å². The van der Waals surface area contributed by atoms with Crippen LogP contribution in [-0.4, -0.2) is 39.9 Å². The Morgan fingerprint density at radius 2 is 0.432 bits per heavy atom. The van der Waals surface area contributed by atoms with Gasteiger partial charge in [-0.1, -0.05) is 215 Å². The zero-order chi connectivity index (χ0) is 63.4. The molecule has 0 fully saturated rings. The van der Waals surface area contributed by atoms with Crippen molar-refractivity contribution in [3.63, 3.8) is 0 Å². The molecule has 9 aromatic rings. The van der Waals surface area contributed by atoms with Crippen LogP contribution in [0.4, 0.5) is 0 Å². The Labute approximate surface area is 520 Å². The molecule has 4 aliphatic carbocycles. The molecule has 0 spiro atoms. The summed E-state index contributed by atoms with van der Waals surface area (Å²) in [6, 6.07) is 37.4. The smallest absolute Gasteiger partial charge is 0.164 e. The van der Waals surface area contributed by atoms with Crippen molar-refractivity contribution in [1.82, 2.24) is 39.9 Å². The molecule has 0 unspecified atom stereocenters. The van der Waals surface area contributed by atoms with Crippen LogP contribution in [0.2, 0.25) is 0 Å². The van der Waals surface area contributed by atoms with Gasteiger partial charge in [0.1, 0.15) is 22.6 Å². The minimum absolute atomic E-state index is 0.112. The average molecular weight is 1160 g/mol. The topological polar surface area (TPSA) is 109 Å². The van der Waals surface area contributed by atoms with E-state index in [1.165, 1.54) is 88.3 Å². The lowest BCUT2D eigenvalue weighted by atomic mass is 9.85. The molecule has 2 N–H and O–H groups in total. The number of nitrogens with zero attached hydrogens (tertiary/aromatic N) is 6. The predicted molar refractivity (Wildman–Crippen MR) is 377 cm³/mol. The molecule has 5 aromatic heterocycles. The molecular weight excluding hydrogens is 1070 g/mol. The standard InChI is InChI=1S/C80H90N8/c1-73(2,3)57-37-61(77(13,14)15)49-33-53-45(29-25-41(49)57)65-81-66-46-30-26-42-50(62(78(16,17)18)38-58(42)74(4,5)6)34-54(46)70(83-66)85-68-48-32-28-44-52(64(80(22,23)24)40-60(44)76(10,11)12)36-56(48)72(87-68)88-71-55-35-51-43(27-31-47(55)67(86-71)84-69(53)82-65)59(75(7,8)9)39-63(51)79(19,20)21/h25-40H,1-24H3,(H2,81,82,83,84,85,86,87,88). The van der Waals surface area contributed by atoms with Gasteiger partial charge in [0, 0.05) is 43.1 Å². The van der Waals surface area contributed by atoms with Crippen molar-refractivity contribution in [2.45, 2.75) is 209 Å². The second kappa shape index (κ2) is 18.9. The third-order valence-corrected chi connectivity index (χ3v) is 18.8. The maximum absolute atomic E-state index is 5.81. The first-order valence-electron chi connectivity index (χ1n) is 31.9. The van der Waals surface area contributed by atoms with Crippen LogP contribution in [0.1, 0.15) is 211 Å². The monoisotopic (exact) mass is 1160 g/mol. The number of hydrogen-bond donors (Lipinski definition) is 2. The lowest BCUT2D eigenvalue weighted by Gasteiger charge is -2.19. The maximum Gasteiger partial charge on any atom is 0.164 e. The van der Waals surface area contributed by atoms with Crippen LogP contribution in [0.15, 0.2) is 97.1 Å². The van der Waals surface area contributed by atoms with E-state index in [4.69, 9.17) is 29.9 Å². The molecule has 8 bridgehead atoms. The molecule has 0 aliphatic heterocycles. The van der Waals surface area contributed by atoms with Crippen molar-refractivity contribution in [3.05, 3.63) is 142 Å². The fraction of sp³-hybridized carbons (Fsp3) is 0.400. The van der Waals surface area contributed by atoms with Gasteiger partial charge in [-0.05, 0) is 180 Å². The van der Waals surface area contributed by atoms with E-state index in [0.717, 1.165) is 43.1 Å². The summed E-state index contributed by atoms with van der Waals surface area (Å²) in [5.41, 5.74) is 19.1. The molecule has 0 saturated heterocycles. The van der Waals surface area contributed by atoms with Gasteiger partial charge < -0.3 is 9.97 Å². The number of fused-ring (bicyclic) bond motifs is 24. The van der Waals surface area contributed by atoms with E-state index in [1.54, 1.807) is 0 Å². The zero-order valence-corrected chi connectivity index (χ0v) is 56.9. The highest BCUT2D eigenvalue weighted by molar-refractivity contribution is 6.15. The van der Waals surface area contributed by atoms with Crippen molar-refractivity contribution in [1.29, 1.82) is 0 Å². The first-order chi connectivity index (χ1) is 40.6. The first-order valence-corrected chi connectivity index (χ1v) is 31.9. The third-order valence-electron chi connectivity index (χ3n) is 18.8. The molecule has 0 saturated carbocycles. The summed E-state index contributed by atoms with van der Waals surface area (Å²) < 4.78 is 0. The molecule has 8 heteroatoms. The highest BCUT2D eigenvalue weighted by atomic mass is 15.0. The molecular formula is C80H90N8. The zero-order valence-electron chi connectivity index (χ0n) is 56.9. The van der Waals surface area contributed by atoms with Gasteiger partial charge >= 0.3 is 0 Å². The van der Waals surface area contributed by atoms with Gasteiger partial charge in [0.15, 0.2) is 22.6 Å². The molecule has 0 radical (unpaired) electrons. The van der Waals surface area contributed by atoms with Crippen LogP contribution < -0.4 is 0 Å². The van der Waals surface area contributed by atoms with Gasteiger partial charge in [0.05, 0.1) is 0 Å². The first kappa shape index (κ1) is 59.1. The Morgan fingerprint density at radius 3 is 0.739 bits per heavy atom. The summed E-state index contributed by atoms with van der Waals surface area (Å²) in [6.45, 7) is 55.6. The second-order valence-electron chi connectivity index (χ2n) is 34.0. The Hall–Kier alpha value is -7.84. The SMILES string of the molecule is CC(C)(C)c1cc(C(C)(C)C)c2cc3c4nc5nc(nc6[nH]c(nc7nc(nc([nH]4)c3ccc1-2)c1ccc2c(C(C)(C)C)cc(C(C)(C)C)c2cc71)c1ccc2c(C(C)(C)C)cc(C(C)(C)C)c-2cc61)c1cc2c(C(C)(C)C)cc(C(C)(C)C)c2ccc51. The lowest BCUT2D eigenvalue weighted by molar-refractivity contribution is 0.580. The summed E-state index contributed by atoms with van der Waals surface area (Å²) >= 11 is 0. The largest absolute Gasteiger partial charge is 0.324 e. The normalized spacial score (nSPS) is 13.9. The minimum atomic E-state index is -0.154. The van der Waals surface area contributed by atoms with Crippen molar-refractivity contribution < 1.29 is 0 Å². The summed E-state index contributed by atoms with van der Waals surface area (Å²) in [5.74, 6) is 0. The van der Waals surface area contributed by atoms with Crippen LogP contribution in [0.3, 0.4) is 0 Å². The van der Waals surface area contributed by atoms with E-state index in [-0.39, 0.29) is 43.3 Å². The molecule has 4 aliphatic rings. The minimum Gasteiger partial charge on any atom is -0.324 e. The predicted octanol–water partition coefficient (Wildman–Crippen LogP) is 22.0. The van der Waals surface area contributed by atoms with Crippen LogP contribution in [0.5, 0.6) is 0 Å². The van der Waals surface area contributed by atoms with Crippen molar-refractivity contribution in [3.8, 4) is 22.3 Å². The van der Waals surface area contributed by atoms with E-state index in [1.807, 2.05) is 0 Å². The number of aromatic nitrogens is 8. The van der Waals surface area contributed by atoms with Crippen LogP contribution in [0, 0.1) is 0 Å². The molecule has 8 nitrogen and oxygen atoms in total. The van der Waals surface area contributed by atoms with Crippen molar-refractivity contribution in [2.24, 2.45) is 0 Å². The van der Waals surface area contributed by atoms with Gasteiger partial charge in [-0.3, -0.25) is 0 Å². The Morgan fingerprint density at radius 1 is 0.193 bits per heavy atom. The highest BCUT2D eigenvalue weighted by Crippen LogP contribution is 2.49. The molecule has 88 heavy (non-hydrogen) atoms. The highest BCUT2D eigenvalue weighted by Gasteiger charge is 2.33. The van der Waals surface area contributed by atoms with E-state index < -0.39 is 0 Å². The van der Waals surface area contributed by atoms with Gasteiger partial charge in [-0.15, -0.1) is 0 Å². The van der Waals surface area contributed by atoms with Gasteiger partial charge in [0.25, 0.3) is 0 Å². The van der Waals surface area contributed by atoms with Crippen LogP contribution >= 0.6 is 0 Å². The molecule has 13 rings (SSSR count). The van der Waals surface area contributed by atoms with Gasteiger partial charge in [0.2, 0.25) is 0 Å². The fourth-order valence-corrected chi connectivity index (χ4v) is 14.2. The summed E-state index contributed by atoms with van der Waals surface area (Å²) in [4.78, 5) is 42.0. The number of hydrogen-bond acceptors (Lipinski definition) is 6. The molecule has 5 heterocycles. The number of aromatic amines is 2. The Bertz CT molecular complexity index is 5130. The summed E-state index contributed by atoms with van der Waals surface area (Å²) in [6.07, 6.45) is 0. The lowest BCUT2D eigenvalue weighted by Crippen LogP contribution is -2.12. The number of H-pyrrole nitrogens is 2. The Balaban J connectivity index is 1.31. The van der Waals surface area contributed by atoms with Crippen LogP contribution in [0.25, 0.3) is 132 Å². The maximum atomic E-state index is 5.81. The molecule has 4 aromatic carbocycles. The molecule has 450 valence electrons. The second-order valence-corrected chi connectivity index (χ2v) is 34.0. The van der Waals surface area contributed by atoms with Gasteiger partial charge in [-0.25, -0.2) is 29.9 Å². The molecule has 0 amide bonds. The third kappa shape index (κ3) is 9.60. The van der Waals surface area contributed by atoms with Gasteiger partial charge in [-0.2, -0.15) is 0 Å². The van der Waals surface area contributed by atoms with E-state index >= 15 is 0 Å². The average Bonchev–Trinajstić information content (AvgIpc) is 1.68.